The van der Waals surface area contributed by atoms with Gasteiger partial charge in [-0.25, -0.2) is 9.50 Å². The van der Waals surface area contributed by atoms with E-state index in [-0.39, 0.29) is 5.48 Å². The van der Waals surface area contributed by atoms with Gasteiger partial charge in [-0.2, -0.15) is 5.10 Å². The smallest absolute Gasteiger partial charge is 0.153 e. The largest absolute Gasteiger partial charge is 0.412 e. The van der Waals surface area contributed by atoms with Gasteiger partial charge in [0.05, 0.1) is 0 Å². The van der Waals surface area contributed by atoms with Gasteiger partial charge in [0, 0.05) is 18.6 Å². The molecular formula is C6H7N3O. The maximum Gasteiger partial charge on any atom is 0.153 e. The van der Waals surface area contributed by atoms with Crippen LogP contribution in [-0.4, -0.2) is 20.1 Å². The van der Waals surface area contributed by atoms with Crippen molar-refractivity contribution in [3.8, 4) is 0 Å². The van der Waals surface area contributed by atoms with Crippen molar-refractivity contribution in [3.05, 3.63) is 30.7 Å². The van der Waals surface area contributed by atoms with Gasteiger partial charge < -0.3 is 5.48 Å². The molecule has 2 aromatic rings. The minimum absolute atomic E-state index is 0. The first-order valence-electron chi connectivity index (χ1n) is 2.71. The molecule has 0 saturated heterocycles. The van der Waals surface area contributed by atoms with Gasteiger partial charge in [-0.15, -0.1) is 0 Å². The van der Waals surface area contributed by atoms with Crippen molar-refractivity contribution in [2.45, 2.75) is 0 Å². The Morgan fingerprint density at radius 2 is 2.20 bits per heavy atom. The third-order valence-corrected chi connectivity index (χ3v) is 1.17. The monoisotopic (exact) mass is 137 g/mol. The van der Waals surface area contributed by atoms with Crippen molar-refractivity contribution in [2.24, 2.45) is 0 Å². The molecule has 10 heavy (non-hydrogen) atoms. The third-order valence-electron chi connectivity index (χ3n) is 1.17. The fourth-order valence-electron chi connectivity index (χ4n) is 0.765. The summed E-state index contributed by atoms with van der Waals surface area (Å²) in [5.74, 6) is 0. The summed E-state index contributed by atoms with van der Waals surface area (Å²) in [6.45, 7) is 0. The fourth-order valence-corrected chi connectivity index (χ4v) is 0.765. The summed E-state index contributed by atoms with van der Waals surface area (Å²) >= 11 is 0. The van der Waals surface area contributed by atoms with E-state index in [1.165, 1.54) is 0 Å². The molecule has 0 aromatic carbocycles. The van der Waals surface area contributed by atoms with Crippen LogP contribution in [0.5, 0.6) is 0 Å². The Hall–Kier alpha value is -1.42. The highest BCUT2D eigenvalue weighted by atomic mass is 16.0. The van der Waals surface area contributed by atoms with Gasteiger partial charge in [0.1, 0.15) is 0 Å². The van der Waals surface area contributed by atoms with E-state index in [9.17, 15) is 0 Å². The molecule has 0 bridgehead atoms. The molecule has 0 atom stereocenters. The lowest BCUT2D eigenvalue weighted by Crippen LogP contribution is -1.85. The van der Waals surface area contributed by atoms with Crippen LogP contribution in [0.2, 0.25) is 0 Å². The molecule has 0 aliphatic carbocycles. The average molecular weight is 137 g/mol. The molecule has 4 nitrogen and oxygen atoms in total. The van der Waals surface area contributed by atoms with Gasteiger partial charge in [0.15, 0.2) is 5.65 Å². The number of fused-ring (bicyclic) bond motifs is 1. The van der Waals surface area contributed by atoms with Crippen molar-refractivity contribution < 1.29 is 5.48 Å². The minimum atomic E-state index is 0. The molecule has 0 amide bonds. The Labute approximate surface area is 57.4 Å². The minimum Gasteiger partial charge on any atom is -0.412 e. The second-order valence-corrected chi connectivity index (χ2v) is 1.75. The Morgan fingerprint density at radius 1 is 1.30 bits per heavy atom. The van der Waals surface area contributed by atoms with Crippen LogP contribution >= 0.6 is 0 Å². The Kier molecular flexibility index (Phi) is 1.64. The predicted octanol–water partition coefficient (Wildman–Crippen LogP) is -0.0954. The molecule has 0 aliphatic rings. The molecule has 0 aliphatic heterocycles. The molecule has 2 heterocycles. The zero-order valence-corrected chi connectivity index (χ0v) is 5.23. The number of rotatable bonds is 0. The number of hydrogen-bond donors (Lipinski definition) is 0. The van der Waals surface area contributed by atoms with E-state index in [1.807, 2.05) is 18.3 Å². The Bertz CT molecular complexity index is 287. The van der Waals surface area contributed by atoms with Gasteiger partial charge in [0.2, 0.25) is 0 Å². The highest BCUT2D eigenvalue weighted by Crippen LogP contribution is 1.93. The molecule has 2 N–H and O–H groups in total. The van der Waals surface area contributed by atoms with E-state index in [2.05, 4.69) is 10.1 Å². The molecule has 0 radical (unpaired) electrons. The highest BCUT2D eigenvalue weighted by Gasteiger charge is 1.86. The molecule has 2 rings (SSSR count). The second kappa shape index (κ2) is 2.45. The first-order valence-corrected chi connectivity index (χ1v) is 2.71. The van der Waals surface area contributed by atoms with Crippen LogP contribution in [0, 0.1) is 0 Å². The zero-order chi connectivity index (χ0) is 6.10. The van der Waals surface area contributed by atoms with E-state index in [0.29, 0.717) is 0 Å². The summed E-state index contributed by atoms with van der Waals surface area (Å²) in [5.41, 5.74) is 0.887. The maximum absolute atomic E-state index is 4.02. The lowest BCUT2D eigenvalue weighted by molar-refractivity contribution is 0.824. The van der Waals surface area contributed by atoms with Gasteiger partial charge in [-0.3, -0.25) is 0 Å². The van der Waals surface area contributed by atoms with E-state index < -0.39 is 0 Å². The van der Waals surface area contributed by atoms with Gasteiger partial charge >= 0.3 is 0 Å². The Morgan fingerprint density at radius 3 is 3.00 bits per heavy atom. The molecule has 2 aromatic heterocycles. The van der Waals surface area contributed by atoms with Crippen LogP contribution in [0.3, 0.4) is 0 Å². The summed E-state index contributed by atoms with van der Waals surface area (Å²) in [4.78, 5) is 4.02. The van der Waals surface area contributed by atoms with Crippen LogP contribution < -0.4 is 0 Å². The first-order chi connectivity index (χ1) is 4.47. The standard InChI is InChI=1S/C6H5N3.H2O/c1-2-6-7-4-5-9(6)8-3-1;/h1-5H;1H2. The van der Waals surface area contributed by atoms with Crippen LogP contribution in [0.15, 0.2) is 30.7 Å². The fraction of sp³-hybridized carbons (Fsp3) is 0. The summed E-state index contributed by atoms with van der Waals surface area (Å²) < 4.78 is 1.72. The van der Waals surface area contributed by atoms with Crippen molar-refractivity contribution in [1.82, 2.24) is 14.6 Å². The van der Waals surface area contributed by atoms with Crippen LogP contribution in [-0.2, 0) is 0 Å². The molecule has 0 unspecified atom stereocenters. The van der Waals surface area contributed by atoms with Crippen molar-refractivity contribution in [3.63, 3.8) is 0 Å². The molecule has 4 heteroatoms. The maximum atomic E-state index is 4.02. The van der Waals surface area contributed by atoms with E-state index in [1.54, 1.807) is 16.9 Å². The van der Waals surface area contributed by atoms with Gasteiger partial charge in [0.25, 0.3) is 0 Å². The Balaban J connectivity index is 0.000000500. The molecule has 0 saturated carbocycles. The van der Waals surface area contributed by atoms with Gasteiger partial charge in [-0.1, -0.05) is 0 Å². The number of nitrogens with zero attached hydrogens (tertiary/aromatic N) is 3. The topological polar surface area (TPSA) is 61.7 Å². The average Bonchev–Trinajstić information content (AvgIpc) is 2.33. The molecule has 52 valence electrons. The van der Waals surface area contributed by atoms with Crippen molar-refractivity contribution in [1.29, 1.82) is 0 Å². The second-order valence-electron chi connectivity index (χ2n) is 1.75. The number of hydrogen-bond acceptors (Lipinski definition) is 2. The van der Waals surface area contributed by atoms with Crippen molar-refractivity contribution >= 4 is 5.65 Å². The quantitative estimate of drug-likeness (QED) is 0.509. The summed E-state index contributed by atoms with van der Waals surface area (Å²) in [6.07, 6.45) is 5.27. The van der Waals surface area contributed by atoms with E-state index >= 15 is 0 Å². The lowest BCUT2D eigenvalue weighted by atomic mass is 10.6. The van der Waals surface area contributed by atoms with Gasteiger partial charge in [-0.05, 0) is 12.1 Å². The molecule has 0 spiro atoms. The zero-order valence-electron chi connectivity index (χ0n) is 5.23. The normalized spacial score (nSPS) is 9.20. The SMILES string of the molecule is O.c1cnn2ccnc2c1. The van der Waals surface area contributed by atoms with E-state index in [4.69, 9.17) is 0 Å². The molecular weight excluding hydrogens is 130 g/mol. The van der Waals surface area contributed by atoms with Crippen LogP contribution in [0.4, 0.5) is 0 Å². The number of aromatic nitrogens is 3. The molecule has 0 fully saturated rings. The van der Waals surface area contributed by atoms with Crippen LogP contribution in [0.25, 0.3) is 5.65 Å². The lowest BCUT2D eigenvalue weighted by Gasteiger charge is -1.85. The van der Waals surface area contributed by atoms with E-state index in [0.717, 1.165) is 5.65 Å². The predicted molar refractivity (Wildman–Crippen MR) is 36.6 cm³/mol. The van der Waals surface area contributed by atoms with Crippen LogP contribution in [0.1, 0.15) is 0 Å². The third kappa shape index (κ3) is 0.844. The number of imidazole rings is 1. The highest BCUT2D eigenvalue weighted by molar-refractivity contribution is 5.34. The first kappa shape index (κ1) is 6.70. The summed E-state index contributed by atoms with van der Waals surface area (Å²) in [5, 5.41) is 4.00. The summed E-state index contributed by atoms with van der Waals surface area (Å²) in [7, 11) is 0. The summed E-state index contributed by atoms with van der Waals surface area (Å²) in [6, 6.07) is 3.77. The van der Waals surface area contributed by atoms with Crippen molar-refractivity contribution in [2.75, 3.05) is 0 Å².